The first-order valence-corrected chi connectivity index (χ1v) is 6.74. The molecule has 1 heterocycles. The quantitative estimate of drug-likeness (QED) is 0.917. The van der Waals surface area contributed by atoms with E-state index in [4.69, 9.17) is 10.5 Å². The largest absolute Gasteiger partial charge is 0.454 e. The fourth-order valence-electron chi connectivity index (χ4n) is 1.56. The van der Waals surface area contributed by atoms with E-state index in [9.17, 15) is 4.39 Å². The number of halogens is 2. The van der Waals surface area contributed by atoms with Gasteiger partial charge in [-0.05, 0) is 46.6 Å². The van der Waals surface area contributed by atoms with Crippen molar-refractivity contribution in [3.8, 4) is 11.5 Å². The molecule has 0 aliphatic heterocycles. The predicted molar refractivity (Wildman–Crippen MR) is 75.6 cm³/mol. The van der Waals surface area contributed by atoms with Gasteiger partial charge in [-0.1, -0.05) is 6.92 Å². The summed E-state index contributed by atoms with van der Waals surface area (Å²) < 4.78 is 19.4. The Morgan fingerprint density at radius 3 is 2.79 bits per heavy atom. The Hall–Kier alpha value is -1.46. The van der Waals surface area contributed by atoms with E-state index in [-0.39, 0.29) is 11.9 Å². The summed E-state index contributed by atoms with van der Waals surface area (Å²) in [5.41, 5.74) is 6.69. The van der Waals surface area contributed by atoms with Gasteiger partial charge in [0.2, 0.25) is 0 Å². The van der Waals surface area contributed by atoms with Crippen molar-refractivity contribution in [3.63, 3.8) is 0 Å². The van der Waals surface area contributed by atoms with Crippen molar-refractivity contribution in [2.45, 2.75) is 19.4 Å². The van der Waals surface area contributed by atoms with Crippen LogP contribution in [0.2, 0.25) is 0 Å². The molecule has 0 saturated carbocycles. The number of pyridine rings is 1. The third-order valence-corrected chi connectivity index (χ3v) is 3.36. The Morgan fingerprint density at radius 2 is 2.16 bits per heavy atom. The molecule has 0 aliphatic carbocycles. The Balaban J connectivity index is 2.17. The second kappa shape index (κ2) is 6.12. The Labute approximate surface area is 119 Å². The van der Waals surface area contributed by atoms with Gasteiger partial charge >= 0.3 is 0 Å². The van der Waals surface area contributed by atoms with Crippen LogP contribution in [0.4, 0.5) is 4.39 Å². The first-order valence-electron chi connectivity index (χ1n) is 5.94. The van der Waals surface area contributed by atoms with Crippen LogP contribution >= 0.6 is 15.9 Å². The molecule has 0 spiro atoms. The fraction of sp³-hybridized carbons (Fsp3) is 0.214. The van der Waals surface area contributed by atoms with E-state index >= 15 is 0 Å². The highest BCUT2D eigenvalue weighted by atomic mass is 79.9. The molecule has 0 radical (unpaired) electrons. The molecule has 19 heavy (non-hydrogen) atoms. The third kappa shape index (κ3) is 3.52. The Bertz CT molecular complexity index is 560. The van der Waals surface area contributed by atoms with Gasteiger partial charge in [0.1, 0.15) is 17.3 Å². The number of hydrogen-bond acceptors (Lipinski definition) is 3. The van der Waals surface area contributed by atoms with Crippen LogP contribution in [0.5, 0.6) is 11.5 Å². The van der Waals surface area contributed by atoms with Crippen LogP contribution in [0.1, 0.15) is 25.1 Å². The van der Waals surface area contributed by atoms with Crippen molar-refractivity contribution < 1.29 is 9.13 Å². The van der Waals surface area contributed by atoms with Gasteiger partial charge < -0.3 is 10.5 Å². The summed E-state index contributed by atoms with van der Waals surface area (Å²) in [6, 6.07) is 7.79. The van der Waals surface area contributed by atoms with Gasteiger partial charge in [0.25, 0.3) is 0 Å². The van der Waals surface area contributed by atoms with Crippen LogP contribution < -0.4 is 10.5 Å². The normalized spacial score (nSPS) is 12.2. The van der Waals surface area contributed by atoms with Crippen LogP contribution in [-0.2, 0) is 0 Å². The van der Waals surface area contributed by atoms with Gasteiger partial charge in [0, 0.05) is 12.1 Å². The third-order valence-electron chi connectivity index (χ3n) is 2.70. The molecule has 0 amide bonds. The molecule has 2 aromatic rings. The van der Waals surface area contributed by atoms with Crippen molar-refractivity contribution in [2.75, 3.05) is 0 Å². The number of nitrogens with two attached hydrogens (primary N) is 1. The van der Waals surface area contributed by atoms with Crippen molar-refractivity contribution >= 4 is 15.9 Å². The Morgan fingerprint density at radius 1 is 1.37 bits per heavy atom. The van der Waals surface area contributed by atoms with Gasteiger partial charge in [-0.25, -0.2) is 4.39 Å². The summed E-state index contributed by atoms with van der Waals surface area (Å²) in [5.74, 6) is 0.600. The highest BCUT2D eigenvalue weighted by molar-refractivity contribution is 9.10. The number of aromatic nitrogens is 1. The monoisotopic (exact) mass is 324 g/mol. The molecule has 2 N–H and O–H groups in total. The van der Waals surface area contributed by atoms with E-state index in [1.807, 2.05) is 13.0 Å². The van der Waals surface area contributed by atoms with Gasteiger partial charge in [-0.15, -0.1) is 0 Å². The maximum Gasteiger partial charge on any atom is 0.145 e. The van der Waals surface area contributed by atoms with Gasteiger partial charge in [0.05, 0.1) is 16.4 Å². The number of rotatable bonds is 4. The maximum absolute atomic E-state index is 13.1. The zero-order valence-corrected chi connectivity index (χ0v) is 12.0. The van der Waals surface area contributed by atoms with Crippen LogP contribution in [0.25, 0.3) is 0 Å². The zero-order chi connectivity index (χ0) is 13.8. The van der Waals surface area contributed by atoms with Crippen LogP contribution in [-0.4, -0.2) is 4.98 Å². The molecule has 2 rings (SSSR count). The summed E-state index contributed by atoms with van der Waals surface area (Å²) in [6.45, 7) is 2.00. The molecule has 0 fully saturated rings. The lowest BCUT2D eigenvalue weighted by Gasteiger charge is -2.10. The molecule has 1 atom stereocenters. The molecule has 100 valence electrons. The fourth-order valence-corrected chi connectivity index (χ4v) is 1.89. The summed E-state index contributed by atoms with van der Waals surface area (Å²) in [5, 5.41) is 0. The number of benzene rings is 1. The second-order valence-corrected chi connectivity index (χ2v) is 4.96. The smallest absolute Gasteiger partial charge is 0.145 e. The van der Waals surface area contributed by atoms with Gasteiger partial charge in [-0.2, -0.15) is 0 Å². The number of nitrogens with zero attached hydrogens (tertiary/aromatic N) is 1. The highest BCUT2D eigenvalue weighted by Gasteiger charge is 2.07. The molecule has 3 nitrogen and oxygen atoms in total. The zero-order valence-electron chi connectivity index (χ0n) is 10.4. The lowest BCUT2D eigenvalue weighted by molar-refractivity contribution is 0.470. The predicted octanol–water partition coefficient (Wildman–Crippen LogP) is 4.19. The summed E-state index contributed by atoms with van der Waals surface area (Å²) >= 11 is 3.30. The average Bonchev–Trinajstić information content (AvgIpc) is 2.43. The summed E-state index contributed by atoms with van der Waals surface area (Å²) in [4.78, 5) is 4.24. The van der Waals surface area contributed by atoms with Gasteiger partial charge in [-0.3, -0.25) is 4.98 Å². The van der Waals surface area contributed by atoms with Crippen molar-refractivity contribution in [2.24, 2.45) is 5.73 Å². The average molecular weight is 325 g/mol. The Kier molecular flexibility index (Phi) is 4.50. The summed E-state index contributed by atoms with van der Waals surface area (Å²) in [7, 11) is 0. The van der Waals surface area contributed by atoms with Crippen LogP contribution in [0, 0.1) is 5.82 Å². The van der Waals surface area contributed by atoms with E-state index in [1.165, 1.54) is 12.1 Å². The molecule has 1 aromatic carbocycles. The van der Waals surface area contributed by atoms with Crippen molar-refractivity contribution in [3.05, 3.63) is 52.5 Å². The van der Waals surface area contributed by atoms with Gasteiger partial charge in [0.15, 0.2) is 0 Å². The topological polar surface area (TPSA) is 48.1 Å². The molecule has 5 heteroatoms. The van der Waals surface area contributed by atoms with Crippen molar-refractivity contribution in [1.29, 1.82) is 0 Å². The van der Waals surface area contributed by atoms with E-state index in [0.29, 0.717) is 16.0 Å². The lowest BCUT2D eigenvalue weighted by atomic mass is 10.1. The molecule has 0 saturated heterocycles. The highest BCUT2D eigenvalue weighted by Crippen LogP contribution is 2.30. The maximum atomic E-state index is 13.1. The lowest BCUT2D eigenvalue weighted by Crippen LogP contribution is -2.10. The van der Waals surface area contributed by atoms with E-state index < -0.39 is 0 Å². The van der Waals surface area contributed by atoms with E-state index in [2.05, 4.69) is 20.9 Å². The molecule has 1 aromatic heterocycles. The minimum atomic E-state index is -0.351. The standard InChI is InChI=1S/C14H14BrFN2O/c1-2-12(17)13-6-4-10(8-18-13)19-14-7-9(16)3-5-11(14)15/h3-8,12H,2,17H2,1H3. The number of ether oxygens (including phenoxy) is 1. The van der Waals surface area contributed by atoms with Crippen LogP contribution in [0.15, 0.2) is 41.0 Å². The molecular formula is C14H14BrFN2O. The first kappa shape index (κ1) is 14.0. The molecule has 0 bridgehead atoms. The van der Waals surface area contributed by atoms with Crippen LogP contribution in [0.3, 0.4) is 0 Å². The number of hydrogen-bond donors (Lipinski definition) is 1. The van der Waals surface area contributed by atoms with E-state index in [0.717, 1.165) is 12.1 Å². The minimum Gasteiger partial charge on any atom is -0.454 e. The first-order chi connectivity index (χ1) is 9.10. The SMILES string of the molecule is CCC(N)c1ccc(Oc2cc(F)ccc2Br)cn1. The summed E-state index contributed by atoms with van der Waals surface area (Å²) in [6.07, 6.45) is 2.41. The van der Waals surface area contributed by atoms with Crippen molar-refractivity contribution in [1.82, 2.24) is 4.98 Å². The molecule has 1 unspecified atom stereocenters. The minimum absolute atomic E-state index is 0.0741. The molecular weight excluding hydrogens is 311 g/mol. The second-order valence-electron chi connectivity index (χ2n) is 4.11. The molecule has 0 aliphatic rings. The van der Waals surface area contributed by atoms with E-state index in [1.54, 1.807) is 18.3 Å².